The van der Waals surface area contributed by atoms with Gasteiger partial charge >= 0.3 is 0 Å². The summed E-state index contributed by atoms with van der Waals surface area (Å²) in [6, 6.07) is 4.80. The SMILES string of the molecule is CCOC(=N)c1ccc(O)c(Br)c1. The van der Waals surface area contributed by atoms with Gasteiger partial charge in [-0.3, -0.25) is 5.41 Å². The van der Waals surface area contributed by atoms with Crippen LogP contribution in [0.5, 0.6) is 5.75 Å². The number of benzene rings is 1. The predicted octanol–water partition coefficient (Wildman–Crippen LogP) is 2.52. The van der Waals surface area contributed by atoms with Gasteiger partial charge in [0.15, 0.2) is 0 Å². The molecule has 0 radical (unpaired) electrons. The number of nitrogens with one attached hydrogen (secondary N) is 1. The Morgan fingerprint density at radius 3 is 2.85 bits per heavy atom. The van der Waals surface area contributed by atoms with E-state index < -0.39 is 0 Å². The van der Waals surface area contributed by atoms with Gasteiger partial charge in [0, 0.05) is 5.56 Å². The molecule has 0 unspecified atom stereocenters. The smallest absolute Gasteiger partial charge is 0.213 e. The fourth-order valence-electron chi connectivity index (χ4n) is 0.876. The molecule has 0 aromatic heterocycles. The lowest BCUT2D eigenvalue weighted by molar-refractivity contribution is 0.325. The molecule has 0 heterocycles. The van der Waals surface area contributed by atoms with Crippen molar-refractivity contribution in [3.05, 3.63) is 28.2 Å². The van der Waals surface area contributed by atoms with Crippen molar-refractivity contribution in [1.82, 2.24) is 0 Å². The second-order valence-corrected chi connectivity index (χ2v) is 3.28. The van der Waals surface area contributed by atoms with E-state index in [0.29, 0.717) is 16.6 Å². The van der Waals surface area contributed by atoms with Crippen molar-refractivity contribution in [3.8, 4) is 5.75 Å². The van der Waals surface area contributed by atoms with Crippen LogP contribution in [-0.2, 0) is 4.74 Å². The van der Waals surface area contributed by atoms with Gasteiger partial charge in [-0.15, -0.1) is 0 Å². The largest absolute Gasteiger partial charge is 0.507 e. The maximum atomic E-state index is 9.20. The highest BCUT2D eigenvalue weighted by molar-refractivity contribution is 9.10. The molecule has 0 saturated heterocycles. The lowest BCUT2D eigenvalue weighted by Crippen LogP contribution is -2.04. The first kappa shape index (κ1) is 10.1. The maximum absolute atomic E-state index is 9.20. The summed E-state index contributed by atoms with van der Waals surface area (Å²) in [7, 11) is 0. The molecule has 1 aromatic rings. The molecule has 13 heavy (non-hydrogen) atoms. The number of rotatable bonds is 2. The van der Waals surface area contributed by atoms with Crippen LogP contribution >= 0.6 is 15.9 Å². The maximum Gasteiger partial charge on any atom is 0.213 e. The standard InChI is InChI=1S/C9H10BrNO2/c1-2-13-9(11)6-3-4-8(12)7(10)5-6/h3-5,11-12H,2H2,1H3. The lowest BCUT2D eigenvalue weighted by atomic mass is 10.2. The van der Waals surface area contributed by atoms with Gasteiger partial charge in [-0.1, -0.05) is 0 Å². The molecule has 0 aliphatic heterocycles. The molecule has 1 rings (SSSR count). The van der Waals surface area contributed by atoms with Crippen LogP contribution in [0.25, 0.3) is 0 Å². The molecule has 0 aliphatic rings. The number of ether oxygens (including phenoxy) is 1. The third kappa shape index (κ3) is 2.45. The van der Waals surface area contributed by atoms with E-state index in [-0.39, 0.29) is 11.6 Å². The normalized spacial score (nSPS) is 9.69. The van der Waals surface area contributed by atoms with Crippen molar-refractivity contribution in [2.75, 3.05) is 6.61 Å². The third-order valence-corrected chi connectivity index (χ3v) is 2.13. The van der Waals surface area contributed by atoms with E-state index in [2.05, 4.69) is 15.9 Å². The zero-order valence-electron chi connectivity index (χ0n) is 7.17. The quantitative estimate of drug-likeness (QED) is 0.620. The summed E-state index contributed by atoms with van der Waals surface area (Å²) in [5.74, 6) is 0.274. The monoisotopic (exact) mass is 243 g/mol. The van der Waals surface area contributed by atoms with Crippen LogP contribution in [0.4, 0.5) is 0 Å². The van der Waals surface area contributed by atoms with Crippen molar-refractivity contribution in [1.29, 1.82) is 5.41 Å². The summed E-state index contributed by atoms with van der Waals surface area (Å²) < 4.78 is 5.57. The molecule has 0 aliphatic carbocycles. The van der Waals surface area contributed by atoms with Crippen LogP contribution in [0.15, 0.2) is 22.7 Å². The molecule has 0 amide bonds. The molecule has 70 valence electrons. The van der Waals surface area contributed by atoms with E-state index in [1.807, 2.05) is 6.92 Å². The lowest BCUT2D eigenvalue weighted by Gasteiger charge is -2.05. The van der Waals surface area contributed by atoms with Crippen molar-refractivity contribution in [2.45, 2.75) is 6.92 Å². The molecular formula is C9H10BrNO2. The molecule has 0 spiro atoms. The number of hydrogen-bond donors (Lipinski definition) is 2. The fourth-order valence-corrected chi connectivity index (χ4v) is 1.25. The zero-order valence-corrected chi connectivity index (χ0v) is 8.76. The summed E-state index contributed by atoms with van der Waals surface area (Å²) in [6.45, 7) is 2.29. The summed E-state index contributed by atoms with van der Waals surface area (Å²) in [4.78, 5) is 0. The van der Waals surface area contributed by atoms with E-state index in [0.717, 1.165) is 0 Å². The van der Waals surface area contributed by atoms with Crippen LogP contribution in [0.3, 0.4) is 0 Å². The van der Waals surface area contributed by atoms with E-state index >= 15 is 0 Å². The van der Waals surface area contributed by atoms with Crippen molar-refractivity contribution in [3.63, 3.8) is 0 Å². The first-order valence-electron chi connectivity index (χ1n) is 3.85. The first-order chi connectivity index (χ1) is 6.15. The number of phenolic OH excluding ortho intramolecular Hbond substituents is 1. The molecular weight excluding hydrogens is 234 g/mol. The molecule has 2 N–H and O–H groups in total. The van der Waals surface area contributed by atoms with E-state index in [4.69, 9.17) is 10.1 Å². The fraction of sp³-hybridized carbons (Fsp3) is 0.222. The minimum atomic E-state index is 0.114. The van der Waals surface area contributed by atoms with Crippen molar-refractivity contribution in [2.24, 2.45) is 0 Å². The molecule has 3 nitrogen and oxygen atoms in total. The second kappa shape index (κ2) is 4.28. The Hall–Kier alpha value is -1.03. The molecule has 1 aromatic carbocycles. The van der Waals surface area contributed by atoms with E-state index in [1.54, 1.807) is 12.1 Å². The first-order valence-corrected chi connectivity index (χ1v) is 4.64. The Morgan fingerprint density at radius 2 is 2.31 bits per heavy atom. The Kier molecular flexibility index (Phi) is 3.31. The van der Waals surface area contributed by atoms with Gasteiger partial charge in [0.25, 0.3) is 0 Å². The van der Waals surface area contributed by atoms with E-state index in [9.17, 15) is 5.11 Å². The minimum Gasteiger partial charge on any atom is -0.507 e. The summed E-state index contributed by atoms with van der Waals surface area (Å²) >= 11 is 3.16. The topological polar surface area (TPSA) is 53.3 Å². The van der Waals surface area contributed by atoms with Crippen LogP contribution in [0.2, 0.25) is 0 Å². The molecule has 0 bridgehead atoms. The summed E-state index contributed by atoms with van der Waals surface area (Å²) in [5.41, 5.74) is 0.645. The van der Waals surface area contributed by atoms with E-state index in [1.165, 1.54) is 6.07 Å². The number of hydrogen-bond acceptors (Lipinski definition) is 3. The number of aromatic hydroxyl groups is 1. The van der Waals surface area contributed by atoms with Crippen LogP contribution in [0.1, 0.15) is 12.5 Å². The molecule has 0 fully saturated rings. The summed E-state index contributed by atoms with van der Waals surface area (Å²) in [5, 5.41) is 16.7. The van der Waals surface area contributed by atoms with Crippen molar-refractivity contribution < 1.29 is 9.84 Å². The number of phenols is 1. The van der Waals surface area contributed by atoms with Gasteiger partial charge in [0.05, 0.1) is 11.1 Å². The highest BCUT2D eigenvalue weighted by atomic mass is 79.9. The second-order valence-electron chi connectivity index (χ2n) is 2.43. The van der Waals surface area contributed by atoms with Gasteiger partial charge in [0.2, 0.25) is 5.90 Å². The predicted molar refractivity (Wildman–Crippen MR) is 54.3 cm³/mol. The molecule has 4 heteroatoms. The Morgan fingerprint density at radius 1 is 1.62 bits per heavy atom. The highest BCUT2D eigenvalue weighted by Gasteiger charge is 2.04. The Bertz CT molecular complexity index is 325. The third-order valence-electron chi connectivity index (χ3n) is 1.50. The minimum absolute atomic E-state index is 0.114. The van der Waals surface area contributed by atoms with Crippen LogP contribution in [-0.4, -0.2) is 17.6 Å². The average molecular weight is 244 g/mol. The highest BCUT2D eigenvalue weighted by Crippen LogP contribution is 2.24. The zero-order chi connectivity index (χ0) is 9.84. The Balaban J connectivity index is 2.90. The van der Waals surface area contributed by atoms with Crippen molar-refractivity contribution >= 4 is 21.8 Å². The summed E-state index contributed by atoms with van der Waals surface area (Å²) in [6.07, 6.45) is 0. The molecule has 0 saturated carbocycles. The van der Waals surface area contributed by atoms with Gasteiger partial charge in [0.1, 0.15) is 5.75 Å². The Labute approximate surface area is 85.0 Å². The molecule has 0 atom stereocenters. The van der Waals surface area contributed by atoms with Crippen LogP contribution < -0.4 is 0 Å². The van der Waals surface area contributed by atoms with Gasteiger partial charge in [-0.25, -0.2) is 0 Å². The number of halogens is 1. The van der Waals surface area contributed by atoms with Crippen LogP contribution in [0, 0.1) is 5.41 Å². The average Bonchev–Trinajstić information content (AvgIpc) is 2.10. The van der Waals surface area contributed by atoms with Gasteiger partial charge < -0.3 is 9.84 Å². The van der Waals surface area contributed by atoms with Gasteiger partial charge in [-0.05, 0) is 41.1 Å². The van der Waals surface area contributed by atoms with Gasteiger partial charge in [-0.2, -0.15) is 0 Å².